The van der Waals surface area contributed by atoms with Crippen molar-refractivity contribution in [2.45, 2.75) is 51.2 Å². The van der Waals surface area contributed by atoms with Gasteiger partial charge in [0, 0.05) is 0 Å². The molecule has 0 amide bonds. The minimum absolute atomic E-state index is 0.399. The molecule has 1 aliphatic rings. The topological polar surface area (TPSA) is 49.7 Å². The summed E-state index contributed by atoms with van der Waals surface area (Å²) in [7, 11) is -1.39. The zero-order chi connectivity index (χ0) is 12.8. The highest BCUT2D eigenvalue weighted by Crippen LogP contribution is 2.20. The normalized spacial score (nSPS) is 17.4. The van der Waals surface area contributed by atoms with Crippen LogP contribution in [0.1, 0.15) is 44.1 Å². The van der Waals surface area contributed by atoms with Gasteiger partial charge in [-0.3, -0.25) is 0 Å². The summed E-state index contributed by atoms with van der Waals surface area (Å²) in [6, 6.07) is 7.25. The van der Waals surface area contributed by atoms with Crippen LogP contribution in [-0.4, -0.2) is 23.3 Å². The van der Waals surface area contributed by atoms with Gasteiger partial charge >= 0.3 is 7.12 Å². The van der Waals surface area contributed by atoms with Gasteiger partial charge in [-0.15, -0.1) is 0 Å². The molecule has 18 heavy (non-hydrogen) atoms. The summed E-state index contributed by atoms with van der Waals surface area (Å²) in [5.41, 5.74) is 1.61. The van der Waals surface area contributed by atoms with Crippen LogP contribution < -0.4 is 5.46 Å². The fraction of sp³-hybridized carbons (Fsp3) is 0.571. The second-order valence-corrected chi connectivity index (χ2v) is 5.04. The van der Waals surface area contributed by atoms with E-state index in [2.05, 4.69) is 0 Å². The van der Waals surface area contributed by atoms with Crippen molar-refractivity contribution in [3.05, 3.63) is 29.8 Å². The van der Waals surface area contributed by atoms with E-state index in [1.54, 1.807) is 12.1 Å². The summed E-state index contributed by atoms with van der Waals surface area (Å²) in [5, 5.41) is 18.0. The van der Waals surface area contributed by atoms with Crippen molar-refractivity contribution in [1.82, 2.24) is 0 Å². The minimum atomic E-state index is -1.39. The molecule has 1 aromatic carbocycles. The Morgan fingerprint density at radius 3 is 2.17 bits per heavy atom. The number of hydrogen-bond donors (Lipinski definition) is 2. The Balaban J connectivity index is 1.81. The first-order valence-corrected chi connectivity index (χ1v) is 6.82. The largest absolute Gasteiger partial charge is 0.488 e. The van der Waals surface area contributed by atoms with Crippen LogP contribution >= 0.6 is 0 Å². The van der Waals surface area contributed by atoms with Crippen molar-refractivity contribution in [1.29, 1.82) is 0 Å². The zero-order valence-corrected chi connectivity index (χ0v) is 10.7. The van der Waals surface area contributed by atoms with E-state index >= 15 is 0 Å². The Kier molecular flexibility index (Phi) is 5.23. The zero-order valence-electron chi connectivity index (χ0n) is 10.7. The molecule has 3 nitrogen and oxygen atoms in total. The van der Waals surface area contributed by atoms with Gasteiger partial charge in [0.2, 0.25) is 0 Å². The highest BCUT2D eigenvalue weighted by molar-refractivity contribution is 6.58. The molecule has 0 saturated heterocycles. The van der Waals surface area contributed by atoms with E-state index < -0.39 is 7.12 Å². The average molecular weight is 248 g/mol. The van der Waals surface area contributed by atoms with Gasteiger partial charge in [-0.2, -0.15) is 0 Å². The van der Waals surface area contributed by atoms with E-state index in [4.69, 9.17) is 14.8 Å². The molecule has 0 atom stereocenters. The Morgan fingerprint density at radius 2 is 1.61 bits per heavy atom. The maximum absolute atomic E-state index is 9.00. The molecule has 2 N–H and O–H groups in total. The monoisotopic (exact) mass is 248 g/mol. The second kappa shape index (κ2) is 6.93. The Morgan fingerprint density at radius 1 is 1.00 bits per heavy atom. The van der Waals surface area contributed by atoms with Crippen LogP contribution in [-0.2, 0) is 11.3 Å². The quantitative estimate of drug-likeness (QED) is 0.628. The molecule has 1 aliphatic carbocycles. The summed E-state index contributed by atoms with van der Waals surface area (Å²) in [6.07, 6.45) is 7.98. The lowest BCUT2D eigenvalue weighted by atomic mass is 9.80. The Bertz CT molecular complexity index is 343. The number of benzene rings is 1. The first-order chi connectivity index (χ1) is 8.75. The first-order valence-electron chi connectivity index (χ1n) is 6.82. The molecule has 4 heteroatoms. The van der Waals surface area contributed by atoms with Crippen LogP contribution in [0.25, 0.3) is 0 Å². The maximum Gasteiger partial charge on any atom is 0.488 e. The van der Waals surface area contributed by atoms with Crippen molar-refractivity contribution in [2.24, 2.45) is 0 Å². The summed E-state index contributed by atoms with van der Waals surface area (Å²) >= 11 is 0. The lowest BCUT2D eigenvalue weighted by Crippen LogP contribution is -2.29. The lowest BCUT2D eigenvalue weighted by molar-refractivity contribution is 0.0310. The summed E-state index contributed by atoms with van der Waals surface area (Å²) in [6.45, 7) is 0.618. The third-order valence-electron chi connectivity index (χ3n) is 3.57. The van der Waals surface area contributed by atoms with Gasteiger partial charge in [-0.25, -0.2) is 0 Å². The van der Waals surface area contributed by atoms with Crippen LogP contribution in [0, 0.1) is 0 Å². The summed E-state index contributed by atoms with van der Waals surface area (Å²) in [5.74, 6) is 0. The standard InChI is InChI=1S/C14H21BO3/c16-15(17)13-9-7-12(8-10-13)11-18-14-5-3-1-2-4-6-14/h7-10,14,16-17H,1-6,11H2. The van der Waals surface area contributed by atoms with Gasteiger partial charge in [0.1, 0.15) is 0 Å². The van der Waals surface area contributed by atoms with Crippen LogP contribution in [0.3, 0.4) is 0 Å². The molecule has 0 heterocycles. The molecular weight excluding hydrogens is 227 g/mol. The molecule has 0 aliphatic heterocycles. The average Bonchev–Trinajstić information content (AvgIpc) is 2.65. The fourth-order valence-electron chi connectivity index (χ4n) is 2.41. The van der Waals surface area contributed by atoms with Gasteiger partial charge in [-0.1, -0.05) is 49.9 Å². The summed E-state index contributed by atoms with van der Waals surface area (Å²) < 4.78 is 5.92. The molecule has 0 spiro atoms. The maximum atomic E-state index is 9.00. The van der Waals surface area contributed by atoms with Crippen LogP contribution in [0.2, 0.25) is 0 Å². The molecule has 1 fully saturated rings. The van der Waals surface area contributed by atoms with Gasteiger partial charge in [-0.05, 0) is 23.9 Å². The Hall–Kier alpha value is -0.835. The van der Waals surface area contributed by atoms with E-state index in [9.17, 15) is 0 Å². The molecule has 0 radical (unpaired) electrons. The van der Waals surface area contributed by atoms with Crippen LogP contribution in [0.4, 0.5) is 0 Å². The van der Waals surface area contributed by atoms with E-state index in [1.807, 2.05) is 12.1 Å². The highest BCUT2D eigenvalue weighted by atomic mass is 16.5. The van der Waals surface area contributed by atoms with E-state index in [0.29, 0.717) is 18.2 Å². The molecule has 0 aromatic heterocycles. The predicted octanol–water partition coefficient (Wildman–Crippen LogP) is 1.61. The van der Waals surface area contributed by atoms with Crippen molar-refractivity contribution in [3.63, 3.8) is 0 Å². The first kappa shape index (κ1) is 13.6. The van der Waals surface area contributed by atoms with Gasteiger partial charge in [0.15, 0.2) is 0 Å². The molecule has 1 aromatic rings. The Labute approximate surface area is 109 Å². The smallest absolute Gasteiger partial charge is 0.423 e. The minimum Gasteiger partial charge on any atom is -0.423 e. The van der Waals surface area contributed by atoms with Crippen molar-refractivity contribution in [3.8, 4) is 0 Å². The third-order valence-corrected chi connectivity index (χ3v) is 3.57. The lowest BCUT2D eigenvalue weighted by Gasteiger charge is -2.15. The molecule has 0 unspecified atom stereocenters. The predicted molar refractivity (Wildman–Crippen MR) is 72.5 cm³/mol. The van der Waals surface area contributed by atoms with Gasteiger partial charge in [0.25, 0.3) is 0 Å². The SMILES string of the molecule is OB(O)c1ccc(COC2CCCCCC2)cc1. The second-order valence-electron chi connectivity index (χ2n) is 5.04. The van der Waals surface area contributed by atoms with Crippen LogP contribution in [0.15, 0.2) is 24.3 Å². The number of rotatable bonds is 4. The molecule has 98 valence electrons. The van der Waals surface area contributed by atoms with Crippen molar-refractivity contribution in [2.75, 3.05) is 0 Å². The number of ether oxygens (including phenoxy) is 1. The molecule has 2 rings (SSSR count). The molecule has 1 saturated carbocycles. The molecule has 0 bridgehead atoms. The van der Waals surface area contributed by atoms with E-state index in [-0.39, 0.29) is 0 Å². The van der Waals surface area contributed by atoms with Gasteiger partial charge in [0.05, 0.1) is 12.7 Å². The highest BCUT2D eigenvalue weighted by Gasteiger charge is 2.13. The summed E-state index contributed by atoms with van der Waals surface area (Å²) in [4.78, 5) is 0. The van der Waals surface area contributed by atoms with E-state index in [1.165, 1.54) is 38.5 Å². The van der Waals surface area contributed by atoms with Crippen LogP contribution in [0.5, 0.6) is 0 Å². The van der Waals surface area contributed by atoms with Crippen molar-refractivity contribution < 1.29 is 14.8 Å². The van der Waals surface area contributed by atoms with Gasteiger partial charge < -0.3 is 14.8 Å². The van der Waals surface area contributed by atoms with Crippen molar-refractivity contribution >= 4 is 12.6 Å². The number of hydrogen-bond acceptors (Lipinski definition) is 3. The third kappa shape index (κ3) is 4.12. The van der Waals surface area contributed by atoms with E-state index in [0.717, 1.165) is 5.56 Å². The fourth-order valence-corrected chi connectivity index (χ4v) is 2.41. The molecular formula is C14H21BO3.